The second kappa shape index (κ2) is 11.6. The molecule has 7 N–H and O–H groups in total. The van der Waals surface area contributed by atoms with E-state index in [9.17, 15) is 29.0 Å². The largest absolute Gasteiger partial charge is 0.397 e. The first-order valence-corrected chi connectivity index (χ1v) is 12.6. The van der Waals surface area contributed by atoms with E-state index in [4.69, 9.17) is 5.73 Å². The Bertz CT molecular complexity index is 1580. The number of hydrogen-bond donors (Lipinski definition) is 6. The number of nitrogens with one attached hydrogen (secondary N) is 3. The summed E-state index contributed by atoms with van der Waals surface area (Å²) < 4.78 is 14.4. The highest BCUT2D eigenvalue weighted by Gasteiger charge is 2.21. The van der Waals surface area contributed by atoms with Gasteiger partial charge >= 0.3 is 0 Å². The summed E-state index contributed by atoms with van der Waals surface area (Å²) in [7, 11) is 0. The molecule has 0 aliphatic rings. The number of pyridine rings is 1. The molecule has 2 amide bonds. The van der Waals surface area contributed by atoms with Crippen molar-refractivity contribution < 1.29 is 24.2 Å². The Morgan fingerprint density at radius 1 is 1.10 bits per heavy atom. The summed E-state index contributed by atoms with van der Waals surface area (Å²) in [6, 6.07) is 8.89. The molecule has 11 nitrogen and oxygen atoms in total. The monoisotopic (exact) mass is 538 g/mol. The molecular formula is C27H31FN6O5. The van der Waals surface area contributed by atoms with Crippen LogP contribution < -0.4 is 16.6 Å². The van der Waals surface area contributed by atoms with Gasteiger partial charge in [0, 0.05) is 31.6 Å². The van der Waals surface area contributed by atoms with Gasteiger partial charge in [0.15, 0.2) is 0 Å². The van der Waals surface area contributed by atoms with E-state index in [0.717, 1.165) is 0 Å². The molecule has 206 valence electrons. The second-order valence-corrected chi connectivity index (χ2v) is 9.25. The number of anilines is 1. The van der Waals surface area contributed by atoms with E-state index >= 15 is 0 Å². The van der Waals surface area contributed by atoms with Gasteiger partial charge in [-0.15, -0.1) is 0 Å². The Hall–Kier alpha value is -4.29. The van der Waals surface area contributed by atoms with E-state index in [2.05, 4.69) is 20.3 Å². The Kier molecular flexibility index (Phi) is 8.27. The zero-order valence-electron chi connectivity index (χ0n) is 21.6. The standard InChI is InChI=1S/C27H31FN6O5/c1-3-34(4-2)21(37)12-15(35)11-16(36)13-30-26(38)14-8-9-18-20(10-14)32-25(31-18)23-24(29)22-17(28)6-5-7-19(22)33-27(23)39/h5-10,15-16,35-36H,3-4,11-13H2,1-2H3,(H,30,38)(H,31,32)(H3,29,33,39)/t15-,16+/m1/s1. The normalized spacial score (nSPS) is 12.9. The summed E-state index contributed by atoms with van der Waals surface area (Å²) in [5, 5.41) is 23.1. The Morgan fingerprint density at radius 3 is 2.56 bits per heavy atom. The molecule has 0 radical (unpaired) electrons. The van der Waals surface area contributed by atoms with Crippen LogP contribution in [-0.4, -0.2) is 73.7 Å². The number of aromatic nitrogens is 3. The highest BCUT2D eigenvalue weighted by molar-refractivity contribution is 6.00. The molecule has 0 spiro atoms. The molecule has 4 aromatic rings. The third kappa shape index (κ3) is 5.91. The van der Waals surface area contributed by atoms with E-state index in [1.54, 1.807) is 17.0 Å². The lowest BCUT2D eigenvalue weighted by atomic mass is 10.1. The summed E-state index contributed by atoms with van der Waals surface area (Å²) in [6.45, 7) is 4.63. The van der Waals surface area contributed by atoms with Crippen molar-refractivity contribution in [1.29, 1.82) is 0 Å². The molecule has 0 fully saturated rings. The van der Waals surface area contributed by atoms with Gasteiger partial charge in [0.05, 0.1) is 46.3 Å². The number of hydrogen-bond acceptors (Lipinski definition) is 7. The lowest BCUT2D eigenvalue weighted by Crippen LogP contribution is -2.36. The molecule has 0 bridgehead atoms. The number of H-pyrrole nitrogens is 2. The fraction of sp³-hybridized carbons (Fsp3) is 0.333. The molecule has 39 heavy (non-hydrogen) atoms. The van der Waals surface area contributed by atoms with Crippen LogP contribution in [0.15, 0.2) is 41.2 Å². The minimum atomic E-state index is -1.06. The molecule has 2 aromatic carbocycles. The number of aliphatic hydroxyl groups excluding tert-OH is 2. The van der Waals surface area contributed by atoms with Crippen LogP contribution in [0.2, 0.25) is 0 Å². The number of carbonyl (C=O) groups excluding carboxylic acids is 2. The number of aliphatic hydroxyl groups is 2. The molecule has 0 aliphatic heterocycles. The van der Waals surface area contributed by atoms with Gasteiger partial charge in [-0.25, -0.2) is 9.37 Å². The van der Waals surface area contributed by atoms with Crippen molar-refractivity contribution in [2.24, 2.45) is 0 Å². The SMILES string of the molecule is CCN(CC)C(=O)C[C@H](O)C[C@H](O)CNC(=O)c1ccc2nc(-c3c(N)c4c(F)cccc4[nH]c3=O)[nH]c2c1. The number of aromatic amines is 2. The number of rotatable bonds is 10. The van der Waals surface area contributed by atoms with Crippen LogP contribution in [0.4, 0.5) is 10.1 Å². The summed E-state index contributed by atoms with van der Waals surface area (Å²) >= 11 is 0. The lowest BCUT2D eigenvalue weighted by Gasteiger charge is -2.21. The molecule has 2 atom stereocenters. The summed E-state index contributed by atoms with van der Waals surface area (Å²) in [5.74, 6) is -1.14. The van der Waals surface area contributed by atoms with E-state index in [0.29, 0.717) is 24.1 Å². The van der Waals surface area contributed by atoms with Gasteiger partial charge in [0.25, 0.3) is 11.5 Å². The molecule has 12 heteroatoms. The predicted molar refractivity (Wildman–Crippen MR) is 146 cm³/mol. The molecule has 4 rings (SSSR count). The third-order valence-electron chi connectivity index (χ3n) is 6.58. The number of nitrogens with zero attached hydrogens (tertiary/aromatic N) is 2. The third-order valence-corrected chi connectivity index (χ3v) is 6.58. The molecular weight excluding hydrogens is 507 g/mol. The van der Waals surface area contributed by atoms with Crippen LogP contribution in [0.25, 0.3) is 33.3 Å². The number of carbonyl (C=O) groups is 2. The maximum atomic E-state index is 14.4. The second-order valence-electron chi connectivity index (χ2n) is 9.25. The number of fused-ring (bicyclic) bond motifs is 2. The van der Waals surface area contributed by atoms with Crippen molar-refractivity contribution in [3.63, 3.8) is 0 Å². The number of benzene rings is 2. The smallest absolute Gasteiger partial charge is 0.261 e. The minimum Gasteiger partial charge on any atom is -0.397 e. The molecule has 0 saturated heterocycles. The lowest BCUT2D eigenvalue weighted by molar-refractivity contribution is -0.133. The average molecular weight is 539 g/mol. The number of nitrogen functional groups attached to an aromatic ring is 1. The Labute approximate surface area is 222 Å². The van der Waals surface area contributed by atoms with E-state index < -0.39 is 29.5 Å². The maximum Gasteiger partial charge on any atom is 0.261 e. The predicted octanol–water partition coefficient (Wildman–Crippen LogP) is 1.89. The molecule has 2 heterocycles. The van der Waals surface area contributed by atoms with Crippen LogP contribution in [0, 0.1) is 5.82 Å². The van der Waals surface area contributed by atoms with Gasteiger partial charge in [-0.2, -0.15) is 0 Å². The topological polar surface area (TPSA) is 177 Å². The highest BCUT2D eigenvalue weighted by Crippen LogP contribution is 2.30. The fourth-order valence-corrected chi connectivity index (χ4v) is 4.54. The molecule has 0 unspecified atom stereocenters. The number of nitrogens with two attached hydrogens (primary N) is 1. The summed E-state index contributed by atoms with van der Waals surface area (Å²) in [5.41, 5.74) is 6.96. The average Bonchev–Trinajstić information content (AvgIpc) is 3.30. The summed E-state index contributed by atoms with van der Waals surface area (Å²) in [6.07, 6.45) is -2.27. The number of halogens is 1. The quantitative estimate of drug-likeness (QED) is 0.178. The van der Waals surface area contributed by atoms with Gasteiger partial charge in [0.2, 0.25) is 5.91 Å². The van der Waals surface area contributed by atoms with E-state index in [-0.39, 0.29) is 58.8 Å². The van der Waals surface area contributed by atoms with Crippen LogP contribution in [-0.2, 0) is 4.79 Å². The van der Waals surface area contributed by atoms with Gasteiger partial charge < -0.3 is 36.1 Å². The van der Waals surface area contributed by atoms with Crippen molar-refractivity contribution in [3.8, 4) is 11.4 Å². The zero-order valence-corrected chi connectivity index (χ0v) is 21.6. The van der Waals surface area contributed by atoms with Crippen molar-refractivity contribution in [2.75, 3.05) is 25.4 Å². The van der Waals surface area contributed by atoms with Crippen LogP contribution in [0.3, 0.4) is 0 Å². The molecule has 2 aromatic heterocycles. The Balaban J connectivity index is 1.45. The maximum absolute atomic E-state index is 14.4. The van der Waals surface area contributed by atoms with Crippen molar-refractivity contribution in [1.82, 2.24) is 25.2 Å². The van der Waals surface area contributed by atoms with E-state index in [1.807, 2.05) is 13.8 Å². The molecule has 0 saturated carbocycles. The number of amides is 2. The van der Waals surface area contributed by atoms with E-state index in [1.165, 1.54) is 24.3 Å². The first-order chi connectivity index (χ1) is 18.6. The first-order valence-electron chi connectivity index (χ1n) is 12.6. The van der Waals surface area contributed by atoms with Crippen LogP contribution >= 0.6 is 0 Å². The zero-order chi connectivity index (χ0) is 28.3. The molecule has 0 aliphatic carbocycles. The van der Waals surface area contributed by atoms with Gasteiger partial charge in [-0.05, 0) is 44.2 Å². The van der Waals surface area contributed by atoms with Gasteiger partial charge in [-0.1, -0.05) is 6.07 Å². The highest BCUT2D eigenvalue weighted by atomic mass is 19.1. The fourth-order valence-electron chi connectivity index (χ4n) is 4.54. The number of imidazole rings is 1. The first kappa shape index (κ1) is 27.7. The van der Waals surface area contributed by atoms with Gasteiger partial charge in [0.1, 0.15) is 17.2 Å². The van der Waals surface area contributed by atoms with Crippen molar-refractivity contribution >= 4 is 39.4 Å². The van der Waals surface area contributed by atoms with Crippen molar-refractivity contribution in [3.05, 3.63) is 58.1 Å². The minimum absolute atomic E-state index is 0.0176. The summed E-state index contributed by atoms with van der Waals surface area (Å²) in [4.78, 5) is 49.1. The van der Waals surface area contributed by atoms with Crippen LogP contribution in [0.5, 0.6) is 0 Å². The van der Waals surface area contributed by atoms with Gasteiger partial charge in [-0.3, -0.25) is 14.4 Å². The van der Waals surface area contributed by atoms with Crippen molar-refractivity contribution in [2.45, 2.75) is 38.9 Å². The van der Waals surface area contributed by atoms with Crippen LogP contribution in [0.1, 0.15) is 37.0 Å². The Morgan fingerprint density at radius 2 is 1.85 bits per heavy atom.